The molecule has 20 heavy (non-hydrogen) atoms. The fourth-order valence-electron chi connectivity index (χ4n) is 2.11. The number of nitrogens with two attached hydrogens (primary N) is 1. The highest BCUT2D eigenvalue weighted by molar-refractivity contribution is 5.95. The van der Waals surface area contributed by atoms with Gasteiger partial charge in [-0.15, -0.1) is 0 Å². The minimum absolute atomic E-state index is 0.0655. The van der Waals surface area contributed by atoms with Crippen molar-refractivity contribution in [1.29, 1.82) is 0 Å². The van der Waals surface area contributed by atoms with E-state index in [9.17, 15) is 14.3 Å². The van der Waals surface area contributed by atoms with Crippen LogP contribution in [-0.2, 0) is 6.54 Å². The minimum Gasteiger partial charge on any atom is -0.478 e. The number of benzene rings is 2. The van der Waals surface area contributed by atoms with Gasteiger partial charge in [-0.1, -0.05) is 24.3 Å². The van der Waals surface area contributed by atoms with Gasteiger partial charge in [0.25, 0.3) is 0 Å². The minimum atomic E-state index is -1.08. The van der Waals surface area contributed by atoms with E-state index in [2.05, 4.69) is 0 Å². The summed E-state index contributed by atoms with van der Waals surface area (Å²) in [5.41, 5.74) is 6.92. The van der Waals surface area contributed by atoms with Gasteiger partial charge in [0.05, 0.1) is 11.3 Å². The Balaban J connectivity index is 2.33. The lowest BCUT2D eigenvalue weighted by Crippen LogP contribution is -2.20. The molecule has 0 saturated heterocycles. The van der Waals surface area contributed by atoms with Crippen LogP contribution in [0.4, 0.5) is 15.8 Å². The Kier molecular flexibility index (Phi) is 3.89. The van der Waals surface area contributed by atoms with Crippen LogP contribution in [0.3, 0.4) is 0 Å². The van der Waals surface area contributed by atoms with Crippen LogP contribution in [0.15, 0.2) is 42.5 Å². The maximum absolute atomic E-state index is 13.7. The zero-order valence-electron chi connectivity index (χ0n) is 11.0. The molecule has 0 spiro atoms. The number of carbonyl (C=O) groups is 1. The molecular formula is C15H15FN2O2. The van der Waals surface area contributed by atoms with Gasteiger partial charge in [-0.05, 0) is 23.8 Å². The van der Waals surface area contributed by atoms with E-state index in [1.807, 2.05) is 0 Å². The first-order valence-corrected chi connectivity index (χ1v) is 6.07. The quantitative estimate of drug-likeness (QED) is 0.841. The maximum atomic E-state index is 13.7. The van der Waals surface area contributed by atoms with Gasteiger partial charge < -0.3 is 15.7 Å². The first kappa shape index (κ1) is 13.9. The number of aromatic carboxylic acids is 1. The molecule has 0 aliphatic heterocycles. The number of para-hydroxylation sites is 1. The summed E-state index contributed by atoms with van der Waals surface area (Å²) in [6.45, 7) is 0.258. The number of nitrogen functional groups attached to an aromatic ring is 1. The molecule has 0 amide bonds. The third-order valence-electron chi connectivity index (χ3n) is 3.07. The molecule has 0 atom stereocenters. The molecule has 0 fully saturated rings. The molecule has 0 aromatic heterocycles. The van der Waals surface area contributed by atoms with E-state index >= 15 is 0 Å². The van der Waals surface area contributed by atoms with Crippen LogP contribution >= 0.6 is 0 Å². The number of hydrogen-bond acceptors (Lipinski definition) is 3. The predicted molar refractivity (Wildman–Crippen MR) is 76.3 cm³/mol. The van der Waals surface area contributed by atoms with Crippen LogP contribution in [0.2, 0.25) is 0 Å². The third kappa shape index (κ3) is 2.71. The number of carboxylic acid groups (broad SMARTS) is 1. The zero-order valence-corrected chi connectivity index (χ0v) is 11.0. The van der Waals surface area contributed by atoms with Gasteiger partial charge in [-0.25, -0.2) is 9.18 Å². The van der Waals surface area contributed by atoms with Crippen molar-refractivity contribution in [2.45, 2.75) is 6.54 Å². The van der Waals surface area contributed by atoms with Crippen molar-refractivity contribution in [3.8, 4) is 0 Å². The maximum Gasteiger partial charge on any atom is 0.338 e. The molecule has 5 heteroatoms. The Labute approximate surface area is 116 Å². The van der Waals surface area contributed by atoms with Gasteiger partial charge in [0, 0.05) is 19.3 Å². The van der Waals surface area contributed by atoms with Gasteiger partial charge in [-0.3, -0.25) is 0 Å². The summed E-state index contributed by atoms with van der Waals surface area (Å²) in [5.74, 6) is -1.43. The number of rotatable bonds is 4. The molecule has 0 heterocycles. The van der Waals surface area contributed by atoms with E-state index < -0.39 is 5.97 Å². The van der Waals surface area contributed by atoms with Crippen LogP contribution in [0.25, 0.3) is 0 Å². The van der Waals surface area contributed by atoms with Crippen molar-refractivity contribution in [2.75, 3.05) is 17.7 Å². The van der Waals surface area contributed by atoms with Crippen LogP contribution in [-0.4, -0.2) is 18.1 Å². The molecule has 3 N–H and O–H groups in total. The number of carboxylic acids is 1. The number of halogens is 1. The first-order chi connectivity index (χ1) is 9.50. The van der Waals surface area contributed by atoms with E-state index in [1.165, 1.54) is 12.1 Å². The standard InChI is InChI=1S/C15H15FN2O2/c1-18(13-8-3-2-6-11(13)16)9-10-5-4-7-12(17)14(10)15(19)20/h2-8H,9,17H2,1H3,(H,19,20). The number of anilines is 2. The topological polar surface area (TPSA) is 66.6 Å². The van der Waals surface area contributed by atoms with Crippen LogP contribution in [0.1, 0.15) is 15.9 Å². The molecule has 0 unspecified atom stereocenters. The molecule has 4 nitrogen and oxygen atoms in total. The Morgan fingerprint density at radius 2 is 1.95 bits per heavy atom. The molecule has 2 aromatic carbocycles. The van der Waals surface area contributed by atoms with Crippen molar-refractivity contribution < 1.29 is 14.3 Å². The zero-order chi connectivity index (χ0) is 14.7. The first-order valence-electron chi connectivity index (χ1n) is 6.07. The number of nitrogens with zero attached hydrogens (tertiary/aromatic N) is 1. The SMILES string of the molecule is CN(Cc1cccc(N)c1C(=O)O)c1ccccc1F. The van der Waals surface area contributed by atoms with Crippen LogP contribution in [0, 0.1) is 5.82 Å². The van der Waals surface area contributed by atoms with E-state index in [4.69, 9.17) is 5.73 Å². The molecule has 2 rings (SSSR count). The Morgan fingerprint density at radius 1 is 1.25 bits per heavy atom. The van der Waals surface area contributed by atoms with Crippen molar-refractivity contribution in [1.82, 2.24) is 0 Å². The van der Waals surface area contributed by atoms with Gasteiger partial charge in [0.15, 0.2) is 0 Å². The average molecular weight is 274 g/mol. The average Bonchev–Trinajstić information content (AvgIpc) is 2.38. The Morgan fingerprint density at radius 3 is 2.60 bits per heavy atom. The van der Waals surface area contributed by atoms with Gasteiger partial charge >= 0.3 is 5.97 Å². The molecule has 0 radical (unpaired) electrons. The second-order valence-corrected chi connectivity index (χ2v) is 4.49. The molecule has 0 aliphatic rings. The lowest BCUT2D eigenvalue weighted by molar-refractivity contribution is 0.0697. The Hall–Kier alpha value is -2.56. The second kappa shape index (κ2) is 5.61. The van der Waals surface area contributed by atoms with Crippen molar-refractivity contribution in [2.24, 2.45) is 0 Å². The van der Waals surface area contributed by atoms with Crippen molar-refractivity contribution in [3.05, 3.63) is 59.4 Å². The fraction of sp³-hybridized carbons (Fsp3) is 0.133. The van der Waals surface area contributed by atoms with Gasteiger partial charge in [-0.2, -0.15) is 0 Å². The molecular weight excluding hydrogens is 259 g/mol. The molecule has 0 saturated carbocycles. The molecule has 0 aliphatic carbocycles. The monoisotopic (exact) mass is 274 g/mol. The molecule has 0 bridgehead atoms. The van der Waals surface area contributed by atoms with E-state index in [0.29, 0.717) is 11.3 Å². The van der Waals surface area contributed by atoms with Crippen molar-refractivity contribution >= 4 is 17.3 Å². The summed E-state index contributed by atoms with van der Waals surface area (Å²) < 4.78 is 13.7. The summed E-state index contributed by atoms with van der Waals surface area (Å²) >= 11 is 0. The van der Waals surface area contributed by atoms with Crippen molar-refractivity contribution in [3.63, 3.8) is 0 Å². The lowest BCUT2D eigenvalue weighted by Gasteiger charge is -2.21. The normalized spacial score (nSPS) is 10.3. The third-order valence-corrected chi connectivity index (χ3v) is 3.07. The number of hydrogen-bond donors (Lipinski definition) is 2. The summed E-state index contributed by atoms with van der Waals surface area (Å²) in [7, 11) is 1.70. The predicted octanol–water partition coefficient (Wildman–Crippen LogP) is 2.74. The summed E-state index contributed by atoms with van der Waals surface area (Å²) in [6, 6.07) is 11.2. The Bertz CT molecular complexity index is 644. The summed E-state index contributed by atoms with van der Waals surface area (Å²) in [4.78, 5) is 12.9. The van der Waals surface area contributed by atoms with Crippen LogP contribution < -0.4 is 10.6 Å². The lowest BCUT2D eigenvalue weighted by atomic mass is 10.0. The van der Waals surface area contributed by atoms with E-state index in [0.717, 1.165) is 0 Å². The highest BCUT2D eigenvalue weighted by atomic mass is 19.1. The molecule has 104 valence electrons. The smallest absolute Gasteiger partial charge is 0.338 e. The van der Waals surface area contributed by atoms with Crippen LogP contribution in [0.5, 0.6) is 0 Å². The summed E-state index contributed by atoms with van der Waals surface area (Å²) in [6.07, 6.45) is 0. The fourth-order valence-corrected chi connectivity index (χ4v) is 2.11. The van der Waals surface area contributed by atoms with Gasteiger partial charge in [0.2, 0.25) is 0 Å². The second-order valence-electron chi connectivity index (χ2n) is 4.49. The van der Waals surface area contributed by atoms with E-state index in [1.54, 1.807) is 42.3 Å². The highest BCUT2D eigenvalue weighted by Gasteiger charge is 2.16. The highest BCUT2D eigenvalue weighted by Crippen LogP contribution is 2.23. The largest absolute Gasteiger partial charge is 0.478 e. The van der Waals surface area contributed by atoms with E-state index in [-0.39, 0.29) is 23.6 Å². The summed E-state index contributed by atoms with van der Waals surface area (Å²) in [5, 5.41) is 9.21. The van der Waals surface area contributed by atoms with Gasteiger partial charge in [0.1, 0.15) is 5.82 Å². The molecule has 2 aromatic rings.